The number of piperazine rings is 1. The first-order chi connectivity index (χ1) is 15.0. The van der Waals surface area contributed by atoms with Crippen LogP contribution in [-0.2, 0) is 16.0 Å². The first kappa shape index (κ1) is 21.2. The second-order valence-electron chi connectivity index (χ2n) is 8.25. The quantitative estimate of drug-likeness (QED) is 0.720. The lowest BCUT2D eigenvalue weighted by molar-refractivity contribution is -0.136. The van der Waals surface area contributed by atoms with Gasteiger partial charge in [-0.05, 0) is 38.1 Å². The number of carbonyl (C=O) groups excluding carboxylic acids is 2. The molecule has 166 valence electrons. The Labute approximate surface area is 181 Å². The highest BCUT2D eigenvalue weighted by molar-refractivity contribution is 5.96. The van der Waals surface area contributed by atoms with Gasteiger partial charge in [-0.1, -0.05) is 6.07 Å². The second kappa shape index (κ2) is 9.38. The average molecular weight is 428 g/mol. The number of amides is 2. The Morgan fingerprint density at radius 1 is 1.16 bits per heavy atom. The number of H-pyrrole nitrogens is 1. The van der Waals surface area contributed by atoms with Gasteiger partial charge in [-0.15, -0.1) is 0 Å². The molecule has 2 amide bonds. The van der Waals surface area contributed by atoms with Crippen LogP contribution in [-0.4, -0.2) is 72.6 Å². The highest BCUT2D eigenvalue weighted by Crippen LogP contribution is 2.24. The summed E-state index contributed by atoms with van der Waals surface area (Å²) in [4.78, 5) is 42.8. The lowest BCUT2D eigenvalue weighted by atomic mass is 10.1. The third-order valence-corrected chi connectivity index (χ3v) is 6.05. The smallest absolute Gasteiger partial charge is 0.280 e. The molecule has 0 spiro atoms. The minimum atomic E-state index is -0.418. The van der Waals surface area contributed by atoms with Crippen molar-refractivity contribution in [3.8, 4) is 0 Å². The van der Waals surface area contributed by atoms with Crippen molar-refractivity contribution in [3.63, 3.8) is 0 Å². The van der Waals surface area contributed by atoms with Gasteiger partial charge < -0.3 is 19.6 Å². The third kappa shape index (κ3) is 5.16. The van der Waals surface area contributed by atoms with Gasteiger partial charge in [-0.25, -0.2) is 0 Å². The molecule has 9 nitrogen and oxygen atoms in total. The Morgan fingerprint density at radius 3 is 2.71 bits per heavy atom. The fourth-order valence-electron chi connectivity index (χ4n) is 4.20. The maximum absolute atomic E-state index is 13.0. The molecule has 0 radical (unpaired) electrons. The molecule has 0 saturated carbocycles. The molecule has 4 rings (SSSR count). The van der Waals surface area contributed by atoms with Crippen LogP contribution in [0.25, 0.3) is 0 Å². The molecule has 1 atom stereocenters. The van der Waals surface area contributed by atoms with Crippen LogP contribution in [0.1, 0.15) is 25.0 Å². The lowest BCUT2D eigenvalue weighted by Gasteiger charge is -2.38. The van der Waals surface area contributed by atoms with Gasteiger partial charge in [-0.3, -0.25) is 19.3 Å². The minimum absolute atomic E-state index is 0.0502. The molecular weight excluding hydrogens is 398 g/mol. The van der Waals surface area contributed by atoms with Gasteiger partial charge in [0.25, 0.3) is 5.56 Å². The number of nitrogens with one attached hydrogen (secondary N) is 2. The Bertz CT molecular complexity index is 978. The van der Waals surface area contributed by atoms with E-state index in [4.69, 9.17) is 4.52 Å². The predicted octanol–water partition coefficient (Wildman–Crippen LogP) is 1.28. The Balaban J connectivity index is 1.35. The van der Waals surface area contributed by atoms with Crippen LogP contribution in [0.3, 0.4) is 0 Å². The summed E-state index contributed by atoms with van der Waals surface area (Å²) in [5, 5.41) is 5.25. The van der Waals surface area contributed by atoms with E-state index in [0.29, 0.717) is 31.8 Å². The zero-order valence-electron chi connectivity index (χ0n) is 17.8. The van der Waals surface area contributed by atoms with E-state index in [-0.39, 0.29) is 23.8 Å². The van der Waals surface area contributed by atoms with Gasteiger partial charge in [0, 0.05) is 63.0 Å². The van der Waals surface area contributed by atoms with Gasteiger partial charge >= 0.3 is 0 Å². The van der Waals surface area contributed by atoms with Crippen LogP contribution in [0.15, 0.2) is 39.6 Å². The Morgan fingerprint density at radius 2 is 1.97 bits per heavy atom. The molecule has 0 bridgehead atoms. The number of aryl methyl sites for hydroxylation is 1. The van der Waals surface area contributed by atoms with Gasteiger partial charge in [0.2, 0.25) is 11.8 Å². The molecule has 3 heterocycles. The number of carbonyl (C=O) groups is 2. The molecule has 2 fully saturated rings. The van der Waals surface area contributed by atoms with Gasteiger partial charge in [-0.2, -0.15) is 5.16 Å². The number of aromatic amines is 1. The van der Waals surface area contributed by atoms with Crippen molar-refractivity contribution in [2.45, 2.75) is 31.7 Å². The van der Waals surface area contributed by atoms with Crippen molar-refractivity contribution in [1.29, 1.82) is 0 Å². The van der Waals surface area contributed by atoms with E-state index >= 15 is 0 Å². The van der Waals surface area contributed by atoms with E-state index in [1.54, 1.807) is 4.90 Å². The summed E-state index contributed by atoms with van der Waals surface area (Å²) in [5.74, 6) is 0.292. The van der Waals surface area contributed by atoms with Crippen LogP contribution in [0.2, 0.25) is 0 Å². The number of anilines is 2. The predicted molar refractivity (Wildman–Crippen MR) is 117 cm³/mol. The third-order valence-electron chi connectivity index (χ3n) is 6.05. The summed E-state index contributed by atoms with van der Waals surface area (Å²) in [6.45, 7) is 3.62. The molecule has 0 aliphatic carbocycles. The zero-order chi connectivity index (χ0) is 21.8. The van der Waals surface area contributed by atoms with E-state index < -0.39 is 6.04 Å². The van der Waals surface area contributed by atoms with Crippen LogP contribution in [0, 0.1) is 0 Å². The van der Waals surface area contributed by atoms with Crippen molar-refractivity contribution in [1.82, 2.24) is 15.0 Å². The molecule has 2 saturated heterocycles. The van der Waals surface area contributed by atoms with E-state index in [1.807, 2.05) is 30.1 Å². The first-order valence-corrected chi connectivity index (χ1v) is 10.8. The minimum Gasteiger partial charge on any atom is -0.384 e. The van der Waals surface area contributed by atoms with Gasteiger partial charge in [0.05, 0.1) is 0 Å². The van der Waals surface area contributed by atoms with Crippen molar-refractivity contribution >= 4 is 23.2 Å². The first-order valence-electron chi connectivity index (χ1n) is 10.8. The molecular formula is C22H29N5O4. The zero-order valence-corrected chi connectivity index (χ0v) is 17.8. The fourth-order valence-corrected chi connectivity index (χ4v) is 4.20. The van der Waals surface area contributed by atoms with E-state index in [2.05, 4.69) is 21.4 Å². The number of hydrogen-bond acceptors (Lipinski definition) is 6. The maximum Gasteiger partial charge on any atom is 0.280 e. The van der Waals surface area contributed by atoms with Crippen molar-refractivity contribution in [3.05, 3.63) is 46.4 Å². The van der Waals surface area contributed by atoms with E-state index in [1.165, 1.54) is 18.9 Å². The van der Waals surface area contributed by atoms with Crippen LogP contribution in [0.4, 0.5) is 11.4 Å². The maximum atomic E-state index is 13.0. The summed E-state index contributed by atoms with van der Waals surface area (Å²) in [6, 6.07) is 8.87. The van der Waals surface area contributed by atoms with Crippen molar-refractivity contribution < 1.29 is 14.1 Å². The summed E-state index contributed by atoms with van der Waals surface area (Å²) in [5.41, 5.74) is 1.59. The van der Waals surface area contributed by atoms with Crippen molar-refractivity contribution in [2.24, 2.45) is 0 Å². The molecule has 2 N–H and O–H groups in total. The number of nitrogens with zero attached hydrogens (tertiary/aromatic N) is 3. The molecule has 0 unspecified atom stereocenters. The van der Waals surface area contributed by atoms with Crippen LogP contribution in [0.5, 0.6) is 0 Å². The molecule has 1 aromatic carbocycles. The van der Waals surface area contributed by atoms with E-state index in [9.17, 15) is 14.4 Å². The van der Waals surface area contributed by atoms with Crippen LogP contribution >= 0.6 is 0 Å². The largest absolute Gasteiger partial charge is 0.384 e. The number of hydrogen-bond donors (Lipinski definition) is 2. The highest BCUT2D eigenvalue weighted by Gasteiger charge is 2.32. The fraction of sp³-hybridized carbons (Fsp3) is 0.500. The molecule has 2 aromatic rings. The normalized spacial score (nSPS) is 19.6. The number of benzene rings is 1. The molecule has 9 heteroatoms. The summed E-state index contributed by atoms with van der Waals surface area (Å²) in [7, 11) is 1.90. The van der Waals surface area contributed by atoms with Crippen molar-refractivity contribution in [2.75, 3.05) is 50.0 Å². The number of likely N-dealkylation sites (N-methyl/N-ethyl adjacent to an activating group) is 1. The second-order valence-corrected chi connectivity index (χ2v) is 8.25. The number of aromatic nitrogens is 1. The highest BCUT2D eigenvalue weighted by atomic mass is 16.5. The Hall–Kier alpha value is -3.07. The summed E-state index contributed by atoms with van der Waals surface area (Å²) < 4.78 is 5.01. The topological polar surface area (TPSA) is 102 Å². The standard InChI is InChI=1S/C22H29N5O4/c1-25-11-12-27(21(29)8-7-18-14-20(28)24-31-18)15-19(25)22(30)23-16-5-4-6-17(13-16)26-9-2-3-10-26/h4-6,13-14,19H,2-3,7-12,15H2,1H3,(H,23,30)(H,24,28)/t19-/m1/s1. The lowest BCUT2D eigenvalue weighted by Crippen LogP contribution is -2.57. The average Bonchev–Trinajstić information content (AvgIpc) is 3.44. The summed E-state index contributed by atoms with van der Waals surface area (Å²) >= 11 is 0. The van der Waals surface area contributed by atoms with Crippen LogP contribution < -0.4 is 15.8 Å². The molecule has 2 aliphatic rings. The monoisotopic (exact) mass is 427 g/mol. The molecule has 31 heavy (non-hydrogen) atoms. The number of rotatable bonds is 6. The Kier molecular flexibility index (Phi) is 6.41. The SMILES string of the molecule is CN1CCN(C(=O)CCc2cc(=O)[nH]o2)C[C@@H]1C(=O)Nc1cccc(N2CCCC2)c1. The van der Waals surface area contributed by atoms with Gasteiger partial charge in [0.15, 0.2) is 0 Å². The summed E-state index contributed by atoms with van der Waals surface area (Å²) in [6.07, 6.45) is 2.98. The molecule has 2 aliphatic heterocycles. The van der Waals surface area contributed by atoms with Gasteiger partial charge in [0.1, 0.15) is 11.8 Å². The van der Waals surface area contributed by atoms with E-state index in [0.717, 1.165) is 24.5 Å². The molecule has 1 aromatic heterocycles.